The van der Waals surface area contributed by atoms with E-state index in [0.29, 0.717) is 12.5 Å². The highest BCUT2D eigenvalue weighted by Gasteiger charge is 2.18. The molecular formula is C20H31IN4O2S. The number of rotatable bonds is 6. The van der Waals surface area contributed by atoms with E-state index in [1.807, 2.05) is 18.2 Å². The molecule has 0 saturated heterocycles. The van der Waals surface area contributed by atoms with Crippen LogP contribution in [0.4, 0.5) is 0 Å². The fourth-order valence-corrected chi connectivity index (χ4v) is 3.51. The number of guanidine groups is 1. The van der Waals surface area contributed by atoms with Crippen molar-refractivity contribution in [3.63, 3.8) is 0 Å². The Labute approximate surface area is 189 Å². The standard InChI is InChI=1S/C20H30N4O2S.HI/c1-13(15-10-14(25-6)8-9-16(15)26-7)23-19(21-5)22-11-18-24-17(12-27-18)20(2,3)4;/h8-10,12-13H,11H2,1-7H3,(H2,21,22,23);1H. The number of halogens is 1. The minimum atomic E-state index is -0.0114. The van der Waals surface area contributed by atoms with Crippen molar-refractivity contribution in [3.8, 4) is 11.5 Å². The number of methoxy groups -OCH3 is 2. The first-order chi connectivity index (χ1) is 12.8. The van der Waals surface area contributed by atoms with Crippen LogP contribution in [0, 0.1) is 0 Å². The van der Waals surface area contributed by atoms with Gasteiger partial charge < -0.3 is 20.1 Å². The van der Waals surface area contributed by atoms with Gasteiger partial charge in [-0.15, -0.1) is 35.3 Å². The number of nitrogens with zero attached hydrogens (tertiary/aromatic N) is 2. The molecule has 1 aromatic heterocycles. The van der Waals surface area contributed by atoms with Crippen molar-refractivity contribution in [2.45, 2.75) is 45.7 Å². The number of benzene rings is 1. The van der Waals surface area contributed by atoms with E-state index in [2.05, 4.69) is 48.7 Å². The third-order valence-electron chi connectivity index (χ3n) is 4.21. The SMILES string of the molecule is CN=C(NCc1nc(C(C)(C)C)cs1)NC(C)c1cc(OC)ccc1OC.I. The maximum Gasteiger partial charge on any atom is 0.191 e. The smallest absolute Gasteiger partial charge is 0.191 e. The van der Waals surface area contributed by atoms with Crippen molar-refractivity contribution in [2.75, 3.05) is 21.3 Å². The van der Waals surface area contributed by atoms with Gasteiger partial charge in [0, 0.05) is 23.4 Å². The van der Waals surface area contributed by atoms with Crippen molar-refractivity contribution in [1.29, 1.82) is 0 Å². The van der Waals surface area contributed by atoms with Crippen molar-refractivity contribution in [2.24, 2.45) is 4.99 Å². The Balaban J connectivity index is 0.00000392. The fourth-order valence-electron chi connectivity index (χ4n) is 2.55. The molecule has 1 heterocycles. The number of thiazole rings is 1. The summed E-state index contributed by atoms with van der Waals surface area (Å²) in [5, 5.41) is 9.89. The van der Waals surface area contributed by atoms with Crippen LogP contribution in [0.25, 0.3) is 0 Å². The summed E-state index contributed by atoms with van der Waals surface area (Å²) < 4.78 is 10.8. The highest BCUT2D eigenvalue weighted by atomic mass is 127. The number of ether oxygens (including phenoxy) is 2. The second-order valence-corrected chi connectivity index (χ2v) is 8.22. The molecule has 0 aliphatic rings. The Morgan fingerprint density at radius 2 is 1.96 bits per heavy atom. The molecule has 156 valence electrons. The molecule has 8 heteroatoms. The molecule has 0 spiro atoms. The van der Waals surface area contributed by atoms with E-state index in [4.69, 9.17) is 14.5 Å². The van der Waals surface area contributed by atoms with Gasteiger partial charge in [-0.3, -0.25) is 4.99 Å². The summed E-state index contributed by atoms with van der Waals surface area (Å²) in [6, 6.07) is 5.76. The maximum atomic E-state index is 5.48. The van der Waals surface area contributed by atoms with E-state index >= 15 is 0 Å². The Morgan fingerprint density at radius 3 is 2.50 bits per heavy atom. The van der Waals surface area contributed by atoms with Gasteiger partial charge in [0.05, 0.1) is 32.5 Å². The first-order valence-electron chi connectivity index (χ1n) is 8.92. The lowest BCUT2D eigenvalue weighted by atomic mass is 9.93. The van der Waals surface area contributed by atoms with Crippen LogP contribution in [0.15, 0.2) is 28.6 Å². The zero-order chi connectivity index (χ0) is 20.0. The largest absolute Gasteiger partial charge is 0.497 e. The molecule has 0 radical (unpaired) electrons. The number of hydrogen-bond acceptors (Lipinski definition) is 5. The lowest BCUT2D eigenvalue weighted by Gasteiger charge is -2.20. The molecule has 1 aromatic carbocycles. The van der Waals surface area contributed by atoms with Crippen molar-refractivity contribution < 1.29 is 9.47 Å². The molecular weight excluding hydrogens is 487 g/mol. The van der Waals surface area contributed by atoms with Crippen LogP contribution < -0.4 is 20.1 Å². The van der Waals surface area contributed by atoms with Gasteiger partial charge in [-0.05, 0) is 25.1 Å². The van der Waals surface area contributed by atoms with E-state index in [0.717, 1.165) is 27.8 Å². The molecule has 1 unspecified atom stereocenters. The minimum absolute atomic E-state index is 0. The molecule has 2 N–H and O–H groups in total. The Hall–Kier alpha value is -1.55. The summed E-state index contributed by atoms with van der Waals surface area (Å²) in [4.78, 5) is 9.03. The lowest BCUT2D eigenvalue weighted by Crippen LogP contribution is -2.38. The van der Waals surface area contributed by atoms with Gasteiger partial charge in [0.25, 0.3) is 0 Å². The van der Waals surface area contributed by atoms with Gasteiger partial charge in [-0.2, -0.15) is 0 Å². The Bertz CT molecular complexity index is 787. The molecule has 0 saturated carbocycles. The number of aromatic nitrogens is 1. The molecule has 2 aromatic rings. The van der Waals surface area contributed by atoms with Crippen LogP contribution in [0.1, 0.15) is 50.0 Å². The second-order valence-electron chi connectivity index (χ2n) is 7.28. The number of aliphatic imine (C=N–C) groups is 1. The van der Waals surface area contributed by atoms with Crippen molar-refractivity contribution in [3.05, 3.63) is 39.8 Å². The van der Waals surface area contributed by atoms with E-state index in [-0.39, 0.29) is 35.4 Å². The van der Waals surface area contributed by atoms with Gasteiger partial charge >= 0.3 is 0 Å². The zero-order valence-electron chi connectivity index (χ0n) is 17.6. The predicted octanol–water partition coefficient (Wildman–Crippen LogP) is 4.50. The minimum Gasteiger partial charge on any atom is -0.497 e. The summed E-state index contributed by atoms with van der Waals surface area (Å²) in [5.74, 6) is 2.31. The molecule has 1 atom stereocenters. The summed E-state index contributed by atoms with van der Waals surface area (Å²) in [7, 11) is 5.08. The van der Waals surface area contributed by atoms with Gasteiger partial charge in [0.2, 0.25) is 0 Å². The van der Waals surface area contributed by atoms with Crippen LogP contribution in [0.5, 0.6) is 11.5 Å². The number of hydrogen-bond donors (Lipinski definition) is 2. The topological polar surface area (TPSA) is 67.8 Å². The zero-order valence-corrected chi connectivity index (χ0v) is 20.8. The molecule has 28 heavy (non-hydrogen) atoms. The quantitative estimate of drug-likeness (QED) is 0.335. The maximum absolute atomic E-state index is 5.48. The average molecular weight is 518 g/mol. The number of nitrogens with one attached hydrogen (secondary N) is 2. The second kappa shape index (κ2) is 10.8. The summed E-state index contributed by atoms with van der Waals surface area (Å²) in [6.07, 6.45) is 0. The van der Waals surface area contributed by atoms with Crippen molar-refractivity contribution in [1.82, 2.24) is 15.6 Å². The highest BCUT2D eigenvalue weighted by molar-refractivity contribution is 14.0. The van der Waals surface area contributed by atoms with Gasteiger partial charge in [-0.1, -0.05) is 20.8 Å². The highest BCUT2D eigenvalue weighted by Crippen LogP contribution is 2.29. The Morgan fingerprint density at radius 1 is 1.25 bits per heavy atom. The van der Waals surface area contributed by atoms with Gasteiger partial charge in [0.1, 0.15) is 16.5 Å². The van der Waals surface area contributed by atoms with Crippen molar-refractivity contribution >= 4 is 41.3 Å². The summed E-state index contributed by atoms with van der Waals surface area (Å²) >= 11 is 1.66. The summed E-state index contributed by atoms with van der Waals surface area (Å²) in [6.45, 7) is 9.20. The predicted molar refractivity (Wildman–Crippen MR) is 128 cm³/mol. The van der Waals surface area contributed by atoms with E-state index in [9.17, 15) is 0 Å². The van der Waals surface area contributed by atoms with E-state index < -0.39 is 0 Å². The lowest BCUT2D eigenvalue weighted by molar-refractivity contribution is 0.394. The molecule has 0 aliphatic carbocycles. The van der Waals surface area contributed by atoms with E-state index in [1.165, 1.54) is 0 Å². The van der Waals surface area contributed by atoms with Crippen LogP contribution in [0.2, 0.25) is 0 Å². The van der Waals surface area contributed by atoms with Gasteiger partial charge in [0.15, 0.2) is 5.96 Å². The van der Waals surface area contributed by atoms with Crippen LogP contribution in [-0.2, 0) is 12.0 Å². The third-order valence-corrected chi connectivity index (χ3v) is 5.06. The normalized spacial score (nSPS) is 12.8. The molecule has 0 amide bonds. The average Bonchev–Trinajstić information content (AvgIpc) is 3.13. The molecule has 0 fully saturated rings. The van der Waals surface area contributed by atoms with Crippen LogP contribution >= 0.6 is 35.3 Å². The first kappa shape index (κ1) is 24.5. The van der Waals surface area contributed by atoms with Crippen LogP contribution in [-0.4, -0.2) is 32.2 Å². The van der Waals surface area contributed by atoms with E-state index in [1.54, 1.807) is 32.6 Å². The third kappa shape index (κ3) is 6.51. The fraction of sp³-hybridized carbons (Fsp3) is 0.500. The molecule has 2 rings (SSSR count). The Kier molecular flexibility index (Phi) is 9.49. The monoisotopic (exact) mass is 518 g/mol. The molecule has 6 nitrogen and oxygen atoms in total. The first-order valence-corrected chi connectivity index (χ1v) is 9.80. The summed E-state index contributed by atoms with van der Waals surface area (Å²) in [5.41, 5.74) is 2.18. The molecule has 0 bridgehead atoms. The molecule has 0 aliphatic heterocycles. The van der Waals surface area contributed by atoms with Crippen LogP contribution in [0.3, 0.4) is 0 Å². The van der Waals surface area contributed by atoms with Gasteiger partial charge in [-0.25, -0.2) is 4.98 Å².